The first kappa shape index (κ1) is 10.4. The van der Waals surface area contributed by atoms with Crippen LogP contribution in [0.1, 0.15) is 10.9 Å². The summed E-state index contributed by atoms with van der Waals surface area (Å²) in [6.07, 6.45) is 0. The highest BCUT2D eigenvalue weighted by Gasteiger charge is 2.12. The number of rotatable bonds is 3. The van der Waals surface area contributed by atoms with Crippen LogP contribution in [0.5, 0.6) is 5.75 Å². The summed E-state index contributed by atoms with van der Waals surface area (Å²) >= 11 is 4.48. The van der Waals surface area contributed by atoms with Gasteiger partial charge in [-0.05, 0) is 20.2 Å². The molecule has 3 heteroatoms. The van der Waals surface area contributed by atoms with Crippen LogP contribution in [0.25, 0.3) is 0 Å². The number of hydrogen-bond donors (Lipinski definition) is 1. The zero-order chi connectivity index (χ0) is 9.84. The van der Waals surface area contributed by atoms with E-state index in [-0.39, 0.29) is 5.37 Å². The minimum Gasteiger partial charge on any atom is -0.496 e. The Morgan fingerprint density at radius 3 is 2.46 bits per heavy atom. The molecule has 0 N–H and O–H groups in total. The minimum absolute atomic E-state index is 0.0798. The first-order valence-corrected chi connectivity index (χ1v) is 4.66. The quantitative estimate of drug-likeness (QED) is 0.589. The van der Waals surface area contributed by atoms with Gasteiger partial charge in [-0.1, -0.05) is 18.2 Å². The van der Waals surface area contributed by atoms with Crippen molar-refractivity contribution in [1.29, 1.82) is 0 Å². The van der Waals surface area contributed by atoms with Crippen molar-refractivity contribution in [2.24, 2.45) is 0 Å². The number of nitrogens with zero attached hydrogens (tertiary/aromatic N) is 1. The van der Waals surface area contributed by atoms with Crippen LogP contribution in [0.3, 0.4) is 0 Å². The Balaban J connectivity index is 2.98. The van der Waals surface area contributed by atoms with Crippen LogP contribution in [0, 0.1) is 0 Å². The standard InChI is InChI=1S/C10H15NOS/c1-11(2)10(13)8-6-4-5-7-9(8)12-3/h4-7,10,13H,1-3H3. The highest BCUT2D eigenvalue weighted by Crippen LogP contribution is 2.29. The Labute approximate surface area is 84.9 Å². The van der Waals surface area contributed by atoms with Crippen LogP contribution in [0.2, 0.25) is 0 Å². The molecule has 0 bridgehead atoms. The van der Waals surface area contributed by atoms with Crippen molar-refractivity contribution >= 4 is 12.6 Å². The molecule has 1 rings (SSSR count). The number of thiol groups is 1. The molecule has 0 spiro atoms. The third kappa shape index (κ3) is 2.39. The summed E-state index contributed by atoms with van der Waals surface area (Å²) in [5.41, 5.74) is 1.10. The van der Waals surface area contributed by atoms with Gasteiger partial charge in [0.15, 0.2) is 0 Å². The molecule has 1 unspecified atom stereocenters. The van der Waals surface area contributed by atoms with Crippen molar-refractivity contribution in [2.45, 2.75) is 5.37 Å². The first-order chi connectivity index (χ1) is 6.16. The summed E-state index contributed by atoms with van der Waals surface area (Å²) in [6, 6.07) is 7.92. The first-order valence-electron chi connectivity index (χ1n) is 4.14. The van der Waals surface area contributed by atoms with Crippen molar-refractivity contribution < 1.29 is 4.74 Å². The van der Waals surface area contributed by atoms with Crippen molar-refractivity contribution in [3.05, 3.63) is 29.8 Å². The van der Waals surface area contributed by atoms with Gasteiger partial charge >= 0.3 is 0 Å². The third-order valence-corrected chi connectivity index (χ3v) is 2.65. The molecule has 1 aromatic rings. The van der Waals surface area contributed by atoms with E-state index in [2.05, 4.69) is 12.6 Å². The minimum atomic E-state index is 0.0798. The molecule has 0 aliphatic rings. The largest absolute Gasteiger partial charge is 0.496 e. The average molecular weight is 197 g/mol. The Hall–Kier alpha value is -0.670. The highest BCUT2D eigenvalue weighted by atomic mass is 32.1. The van der Waals surface area contributed by atoms with Crippen molar-refractivity contribution in [3.8, 4) is 5.75 Å². The fourth-order valence-electron chi connectivity index (χ4n) is 1.16. The highest BCUT2D eigenvalue weighted by molar-refractivity contribution is 7.80. The molecule has 0 aromatic heterocycles. The SMILES string of the molecule is COc1ccccc1C(S)N(C)C. The predicted octanol–water partition coefficient (Wildman–Crippen LogP) is 2.19. The van der Waals surface area contributed by atoms with Gasteiger partial charge in [0.1, 0.15) is 5.75 Å². The fourth-order valence-corrected chi connectivity index (χ4v) is 1.37. The lowest BCUT2D eigenvalue weighted by atomic mass is 10.2. The summed E-state index contributed by atoms with van der Waals surface area (Å²) in [6.45, 7) is 0. The normalized spacial score (nSPS) is 13.0. The van der Waals surface area contributed by atoms with Gasteiger partial charge in [-0.3, -0.25) is 4.90 Å². The van der Waals surface area contributed by atoms with Crippen LogP contribution in [0.15, 0.2) is 24.3 Å². The molecule has 0 heterocycles. The second-order valence-electron chi connectivity index (χ2n) is 3.08. The average Bonchev–Trinajstić information content (AvgIpc) is 2.16. The van der Waals surface area contributed by atoms with E-state index in [0.29, 0.717) is 0 Å². The van der Waals surface area contributed by atoms with Crippen molar-refractivity contribution in [2.75, 3.05) is 21.2 Å². The summed E-state index contributed by atoms with van der Waals surface area (Å²) in [5.74, 6) is 0.885. The molecular formula is C10H15NOS. The second kappa shape index (κ2) is 4.53. The van der Waals surface area contributed by atoms with Gasteiger partial charge < -0.3 is 4.74 Å². The van der Waals surface area contributed by atoms with Gasteiger partial charge in [-0.2, -0.15) is 12.6 Å². The predicted molar refractivity (Wildman–Crippen MR) is 58.4 cm³/mol. The van der Waals surface area contributed by atoms with Gasteiger partial charge in [-0.15, -0.1) is 0 Å². The lowest BCUT2D eigenvalue weighted by Gasteiger charge is -2.21. The van der Waals surface area contributed by atoms with Crippen LogP contribution in [0.4, 0.5) is 0 Å². The number of methoxy groups -OCH3 is 1. The Morgan fingerprint density at radius 2 is 1.92 bits per heavy atom. The smallest absolute Gasteiger partial charge is 0.124 e. The Bertz CT molecular complexity index is 275. The number of benzene rings is 1. The molecule has 13 heavy (non-hydrogen) atoms. The molecule has 0 radical (unpaired) electrons. The van der Waals surface area contributed by atoms with E-state index in [1.807, 2.05) is 43.3 Å². The van der Waals surface area contributed by atoms with E-state index < -0.39 is 0 Å². The van der Waals surface area contributed by atoms with E-state index in [1.165, 1.54) is 0 Å². The molecule has 0 aliphatic heterocycles. The monoisotopic (exact) mass is 197 g/mol. The molecule has 72 valence electrons. The summed E-state index contributed by atoms with van der Waals surface area (Å²) in [4.78, 5) is 2.03. The number of ether oxygens (including phenoxy) is 1. The van der Waals surface area contributed by atoms with Crippen molar-refractivity contribution in [3.63, 3.8) is 0 Å². The van der Waals surface area contributed by atoms with Gasteiger partial charge in [0.05, 0.1) is 12.5 Å². The van der Waals surface area contributed by atoms with Crippen LogP contribution < -0.4 is 4.74 Å². The molecule has 0 fully saturated rings. The van der Waals surface area contributed by atoms with Gasteiger partial charge in [0.2, 0.25) is 0 Å². The summed E-state index contributed by atoms with van der Waals surface area (Å²) < 4.78 is 5.24. The number of para-hydroxylation sites is 1. The molecule has 0 saturated heterocycles. The van der Waals surface area contributed by atoms with Crippen LogP contribution in [-0.4, -0.2) is 26.1 Å². The van der Waals surface area contributed by atoms with Gasteiger partial charge in [-0.25, -0.2) is 0 Å². The topological polar surface area (TPSA) is 12.5 Å². The van der Waals surface area contributed by atoms with E-state index in [4.69, 9.17) is 4.74 Å². The summed E-state index contributed by atoms with van der Waals surface area (Å²) in [5, 5.41) is 0.0798. The van der Waals surface area contributed by atoms with Gasteiger partial charge in [0.25, 0.3) is 0 Å². The second-order valence-corrected chi connectivity index (χ2v) is 3.57. The fraction of sp³-hybridized carbons (Fsp3) is 0.400. The number of hydrogen-bond acceptors (Lipinski definition) is 3. The molecular weight excluding hydrogens is 182 g/mol. The maximum atomic E-state index is 5.24. The maximum Gasteiger partial charge on any atom is 0.124 e. The Kier molecular flexibility index (Phi) is 3.63. The van der Waals surface area contributed by atoms with Crippen molar-refractivity contribution in [1.82, 2.24) is 4.90 Å². The molecule has 0 amide bonds. The van der Waals surface area contributed by atoms with Gasteiger partial charge in [0, 0.05) is 5.56 Å². The van der Waals surface area contributed by atoms with E-state index in [9.17, 15) is 0 Å². The van der Waals surface area contributed by atoms with E-state index in [0.717, 1.165) is 11.3 Å². The van der Waals surface area contributed by atoms with Crippen LogP contribution in [-0.2, 0) is 0 Å². The molecule has 0 aliphatic carbocycles. The maximum absolute atomic E-state index is 5.24. The van der Waals surface area contributed by atoms with E-state index in [1.54, 1.807) is 7.11 Å². The lowest BCUT2D eigenvalue weighted by Crippen LogP contribution is -2.15. The lowest BCUT2D eigenvalue weighted by molar-refractivity contribution is 0.366. The van der Waals surface area contributed by atoms with Crippen LogP contribution >= 0.6 is 12.6 Å². The molecule has 1 aromatic carbocycles. The van der Waals surface area contributed by atoms with E-state index >= 15 is 0 Å². The zero-order valence-electron chi connectivity index (χ0n) is 8.19. The summed E-state index contributed by atoms with van der Waals surface area (Å²) in [7, 11) is 5.66. The third-order valence-electron chi connectivity index (χ3n) is 1.91. The molecule has 0 saturated carbocycles. The Morgan fingerprint density at radius 1 is 1.31 bits per heavy atom. The zero-order valence-corrected chi connectivity index (χ0v) is 9.08. The molecule has 2 nitrogen and oxygen atoms in total. The molecule has 1 atom stereocenters.